The zero-order valence-corrected chi connectivity index (χ0v) is 11.4. The number of fused-ring (bicyclic) bond motifs is 1. The maximum Gasteiger partial charge on any atom is 0.293 e. The Morgan fingerprint density at radius 3 is 2.76 bits per heavy atom. The van der Waals surface area contributed by atoms with Crippen LogP contribution in [-0.4, -0.2) is 12.6 Å². The van der Waals surface area contributed by atoms with Crippen molar-refractivity contribution in [2.75, 3.05) is 0 Å². The number of carbonyl (C=O) groups is 1. The fourth-order valence-electron chi connectivity index (χ4n) is 4.13. The largest absolute Gasteiger partial charge is 0.464 e. The van der Waals surface area contributed by atoms with Gasteiger partial charge in [0, 0.05) is 5.41 Å². The first kappa shape index (κ1) is 12.7. The van der Waals surface area contributed by atoms with Crippen LogP contribution >= 0.6 is 0 Å². The van der Waals surface area contributed by atoms with Crippen LogP contribution in [0.25, 0.3) is 0 Å². The second kappa shape index (κ2) is 4.47. The van der Waals surface area contributed by atoms with Crippen molar-refractivity contribution in [2.45, 2.75) is 53.1 Å². The second-order valence-corrected chi connectivity index (χ2v) is 6.25. The maximum atomic E-state index is 10.7. The lowest BCUT2D eigenvalue weighted by atomic mass is 9.52. The Balaban J connectivity index is 2.35. The van der Waals surface area contributed by atoms with Gasteiger partial charge in [-0.05, 0) is 43.9 Å². The Bertz CT molecular complexity index is 334. The van der Waals surface area contributed by atoms with Gasteiger partial charge in [-0.1, -0.05) is 32.4 Å². The molecule has 96 valence electrons. The molecule has 5 unspecified atom stereocenters. The minimum atomic E-state index is 0.0977. The van der Waals surface area contributed by atoms with E-state index < -0.39 is 0 Å². The van der Waals surface area contributed by atoms with E-state index in [9.17, 15) is 4.79 Å². The van der Waals surface area contributed by atoms with E-state index in [-0.39, 0.29) is 11.5 Å². The van der Waals surface area contributed by atoms with E-state index in [0.29, 0.717) is 18.3 Å². The smallest absolute Gasteiger partial charge is 0.293 e. The van der Waals surface area contributed by atoms with Crippen molar-refractivity contribution in [3.05, 3.63) is 11.6 Å². The average Bonchev–Trinajstić information content (AvgIpc) is 2.27. The molecular weight excluding hydrogens is 212 g/mol. The zero-order valence-electron chi connectivity index (χ0n) is 11.4. The summed E-state index contributed by atoms with van der Waals surface area (Å²) in [5.41, 5.74) is 1.62. The fourth-order valence-corrected chi connectivity index (χ4v) is 4.13. The summed E-state index contributed by atoms with van der Waals surface area (Å²) in [5.74, 6) is 1.88. The summed E-state index contributed by atoms with van der Waals surface area (Å²) in [6.07, 6.45) is 5.83. The fraction of sp³-hybridized carbons (Fsp3) is 0.800. The molecule has 0 spiro atoms. The van der Waals surface area contributed by atoms with Gasteiger partial charge >= 0.3 is 0 Å². The van der Waals surface area contributed by atoms with Gasteiger partial charge in [0.15, 0.2) is 0 Å². The third-order valence-electron chi connectivity index (χ3n) is 5.34. The predicted molar refractivity (Wildman–Crippen MR) is 68.5 cm³/mol. The molecule has 0 N–H and O–H groups in total. The molecule has 0 aliphatic heterocycles. The second-order valence-electron chi connectivity index (χ2n) is 6.25. The van der Waals surface area contributed by atoms with Gasteiger partial charge < -0.3 is 4.74 Å². The molecule has 0 bridgehead atoms. The molecule has 1 saturated carbocycles. The molecule has 2 heteroatoms. The van der Waals surface area contributed by atoms with Crippen LogP contribution in [0.2, 0.25) is 0 Å². The lowest BCUT2D eigenvalue weighted by molar-refractivity contribution is -0.156. The number of ether oxygens (including phenoxy) is 1. The topological polar surface area (TPSA) is 26.3 Å². The monoisotopic (exact) mass is 236 g/mol. The Morgan fingerprint density at radius 2 is 2.12 bits per heavy atom. The van der Waals surface area contributed by atoms with Gasteiger partial charge in [0.25, 0.3) is 6.47 Å². The Kier molecular flexibility index (Phi) is 3.33. The first-order valence-electron chi connectivity index (χ1n) is 6.76. The lowest BCUT2D eigenvalue weighted by Gasteiger charge is -2.54. The van der Waals surface area contributed by atoms with Gasteiger partial charge in [0.1, 0.15) is 6.10 Å². The molecule has 2 aliphatic rings. The summed E-state index contributed by atoms with van der Waals surface area (Å²) in [5, 5.41) is 0. The van der Waals surface area contributed by atoms with Crippen LogP contribution in [0.15, 0.2) is 11.6 Å². The summed E-state index contributed by atoms with van der Waals surface area (Å²) in [4.78, 5) is 10.7. The first-order chi connectivity index (χ1) is 8.00. The molecule has 2 aliphatic carbocycles. The Morgan fingerprint density at radius 1 is 1.41 bits per heavy atom. The molecule has 0 aromatic heterocycles. The van der Waals surface area contributed by atoms with Crippen molar-refractivity contribution in [3.8, 4) is 0 Å². The van der Waals surface area contributed by atoms with Crippen LogP contribution in [0.4, 0.5) is 0 Å². The van der Waals surface area contributed by atoms with Crippen LogP contribution in [0.1, 0.15) is 47.0 Å². The minimum Gasteiger partial charge on any atom is -0.464 e. The zero-order chi connectivity index (χ0) is 12.6. The van der Waals surface area contributed by atoms with Crippen molar-refractivity contribution in [1.82, 2.24) is 0 Å². The molecule has 1 fully saturated rings. The van der Waals surface area contributed by atoms with Gasteiger partial charge in [-0.3, -0.25) is 4.79 Å². The van der Waals surface area contributed by atoms with Crippen molar-refractivity contribution in [2.24, 2.45) is 23.2 Å². The summed E-state index contributed by atoms with van der Waals surface area (Å²) in [6.45, 7) is 9.81. The van der Waals surface area contributed by atoms with E-state index >= 15 is 0 Å². The van der Waals surface area contributed by atoms with E-state index in [1.165, 1.54) is 18.4 Å². The molecule has 2 rings (SSSR count). The summed E-state index contributed by atoms with van der Waals surface area (Å²) in [6, 6.07) is 0. The molecule has 17 heavy (non-hydrogen) atoms. The van der Waals surface area contributed by atoms with Crippen LogP contribution in [0.5, 0.6) is 0 Å². The summed E-state index contributed by atoms with van der Waals surface area (Å²) in [7, 11) is 0. The van der Waals surface area contributed by atoms with Crippen LogP contribution < -0.4 is 0 Å². The highest BCUT2D eigenvalue weighted by Gasteiger charge is 2.52. The molecule has 0 amide bonds. The quantitative estimate of drug-likeness (QED) is 0.541. The first-order valence-corrected chi connectivity index (χ1v) is 6.76. The molecule has 0 aromatic carbocycles. The number of allylic oxidation sites excluding steroid dienone is 2. The van der Waals surface area contributed by atoms with Crippen LogP contribution in [0.3, 0.4) is 0 Å². The third-order valence-corrected chi connectivity index (χ3v) is 5.34. The van der Waals surface area contributed by atoms with Gasteiger partial charge in [-0.2, -0.15) is 0 Å². The minimum absolute atomic E-state index is 0.0977. The molecule has 0 saturated heterocycles. The standard InChI is InChI=1S/C15H24O2/c1-10-7-12(3)15(4)13(8-10)11(2)5-6-14(15)17-9-16/h7,9,11-14H,5-6,8H2,1-4H3. The lowest BCUT2D eigenvalue weighted by Crippen LogP contribution is -2.52. The molecule has 0 aromatic rings. The maximum absolute atomic E-state index is 10.7. The Labute approximate surface area is 104 Å². The number of carbonyl (C=O) groups excluding carboxylic acids is 1. The van der Waals surface area contributed by atoms with Crippen molar-refractivity contribution in [1.29, 1.82) is 0 Å². The normalized spacial score (nSPS) is 45.8. The Hall–Kier alpha value is -0.790. The van der Waals surface area contributed by atoms with Crippen LogP contribution in [0, 0.1) is 23.2 Å². The van der Waals surface area contributed by atoms with Gasteiger partial charge in [-0.25, -0.2) is 0 Å². The van der Waals surface area contributed by atoms with Crippen molar-refractivity contribution in [3.63, 3.8) is 0 Å². The summed E-state index contributed by atoms with van der Waals surface area (Å²) < 4.78 is 5.40. The van der Waals surface area contributed by atoms with E-state index in [1.54, 1.807) is 0 Å². The van der Waals surface area contributed by atoms with Gasteiger partial charge in [-0.15, -0.1) is 0 Å². The van der Waals surface area contributed by atoms with Gasteiger partial charge in [0.05, 0.1) is 0 Å². The molecule has 2 nitrogen and oxygen atoms in total. The average molecular weight is 236 g/mol. The molecule has 0 radical (unpaired) electrons. The third kappa shape index (κ3) is 1.92. The molecule has 5 atom stereocenters. The van der Waals surface area contributed by atoms with E-state index in [1.807, 2.05) is 0 Å². The van der Waals surface area contributed by atoms with Gasteiger partial charge in [0.2, 0.25) is 0 Å². The number of hydrogen-bond donors (Lipinski definition) is 0. The van der Waals surface area contributed by atoms with E-state index in [2.05, 4.69) is 33.8 Å². The highest BCUT2D eigenvalue weighted by atomic mass is 16.5. The van der Waals surface area contributed by atoms with Crippen molar-refractivity contribution < 1.29 is 9.53 Å². The van der Waals surface area contributed by atoms with Crippen LogP contribution in [-0.2, 0) is 9.53 Å². The molecule has 0 heterocycles. The SMILES string of the molecule is CC1=CC(C)C2(C)C(OC=O)CCC(C)C2C1. The highest BCUT2D eigenvalue weighted by Crippen LogP contribution is 2.55. The number of hydrogen-bond acceptors (Lipinski definition) is 2. The highest BCUT2D eigenvalue weighted by molar-refractivity contribution is 5.38. The van der Waals surface area contributed by atoms with Crippen molar-refractivity contribution >= 4 is 6.47 Å². The van der Waals surface area contributed by atoms with E-state index in [4.69, 9.17) is 4.74 Å². The number of rotatable bonds is 2. The predicted octanol–water partition coefficient (Wildman–Crippen LogP) is 3.57. The molecular formula is C15H24O2. The van der Waals surface area contributed by atoms with E-state index in [0.717, 1.165) is 12.3 Å². The summed E-state index contributed by atoms with van der Waals surface area (Å²) >= 11 is 0.